The van der Waals surface area contributed by atoms with E-state index in [9.17, 15) is 48.3 Å². The van der Waals surface area contributed by atoms with Crippen molar-refractivity contribution in [3.05, 3.63) is 150 Å². The molecule has 340 valence electrons. The second kappa shape index (κ2) is 23.3. The molecule has 0 heterocycles. The molecule has 0 saturated carbocycles. The third-order valence-corrected chi connectivity index (χ3v) is 10.4. The van der Waals surface area contributed by atoms with Crippen molar-refractivity contribution < 1.29 is 62.7 Å². The molecule has 9 N–H and O–H groups in total. The van der Waals surface area contributed by atoms with E-state index in [2.05, 4.69) is 31.1 Å². The maximum atomic E-state index is 14.1. The summed E-state index contributed by atoms with van der Waals surface area (Å²) in [6.45, 7) is -0.738. The SMILES string of the molecule is O=C(O)CC[C@H](NC(=O)CNC(=O)[C@H](Cc1ccccc1)NC(=O)[C@H](Cc1ccccc1)NC(=O)Cc1ccc2ccccc2c1)C(=O)N[C@@H](Cc1ccc(OP(=O)(O)O)cc1)C(=O)O. The van der Waals surface area contributed by atoms with E-state index >= 15 is 0 Å². The van der Waals surface area contributed by atoms with Gasteiger partial charge in [-0.25, -0.2) is 9.36 Å². The third-order valence-electron chi connectivity index (χ3n) is 9.95. The number of nitrogens with one attached hydrogen (secondary N) is 5. The van der Waals surface area contributed by atoms with Crippen molar-refractivity contribution in [2.75, 3.05) is 6.54 Å². The fourth-order valence-corrected chi connectivity index (χ4v) is 7.17. The van der Waals surface area contributed by atoms with Gasteiger partial charge < -0.3 is 41.3 Å². The molecule has 18 nitrogen and oxygen atoms in total. The van der Waals surface area contributed by atoms with Gasteiger partial charge in [0, 0.05) is 25.7 Å². The van der Waals surface area contributed by atoms with Crippen molar-refractivity contribution in [1.82, 2.24) is 26.6 Å². The molecular formula is C46H48N5O13P. The van der Waals surface area contributed by atoms with Gasteiger partial charge in [0.1, 0.15) is 29.9 Å². The molecule has 0 aromatic heterocycles. The minimum Gasteiger partial charge on any atom is -0.481 e. The number of phosphoric ester groups is 1. The second-order valence-electron chi connectivity index (χ2n) is 15.0. The predicted molar refractivity (Wildman–Crippen MR) is 236 cm³/mol. The van der Waals surface area contributed by atoms with E-state index in [4.69, 9.17) is 9.79 Å². The van der Waals surface area contributed by atoms with Crippen LogP contribution in [0.2, 0.25) is 0 Å². The van der Waals surface area contributed by atoms with Crippen LogP contribution >= 0.6 is 7.82 Å². The zero-order valence-electron chi connectivity index (χ0n) is 34.8. The van der Waals surface area contributed by atoms with Gasteiger partial charge in [-0.15, -0.1) is 0 Å². The molecule has 0 radical (unpaired) electrons. The van der Waals surface area contributed by atoms with Crippen LogP contribution in [0.3, 0.4) is 0 Å². The Morgan fingerprint density at radius 1 is 0.523 bits per heavy atom. The number of aliphatic carboxylic acids is 2. The largest absolute Gasteiger partial charge is 0.524 e. The molecule has 5 amide bonds. The molecule has 5 rings (SSSR count). The Morgan fingerprint density at radius 3 is 1.60 bits per heavy atom. The molecule has 0 fully saturated rings. The van der Waals surface area contributed by atoms with E-state index < -0.39 is 92.9 Å². The van der Waals surface area contributed by atoms with Gasteiger partial charge in [0.2, 0.25) is 29.5 Å². The summed E-state index contributed by atoms with van der Waals surface area (Å²) in [6.07, 6.45) is -1.34. The first-order valence-corrected chi connectivity index (χ1v) is 21.9. The first kappa shape index (κ1) is 48.6. The number of carbonyl (C=O) groups is 7. The number of carboxylic acids is 2. The van der Waals surface area contributed by atoms with Crippen LogP contribution in [0.1, 0.15) is 35.1 Å². The van der Waals surface area contributed by atoms with Gasteiger partial charge in [-0.1, -0.05) is 115 Å². The highest BCUT2D eigenvalue weighted by Crippen LogP contribution is 2.37. The van der Waals surface area contributed by atoms with Crippen molar-refractivity contribution >= 4 is 60.1 Å². The number of carboxylic acid groups (broad SMARTS) is 2. The lowest BCUT2D eigenvalue weighted by molar-refractivity contribution is -0.143. The van der Waals surface area contributed by atoms with Gasteiger partial charge in [0.25, 0.3) is 0 Å². The number of amides is 5. The van der Waals surface area contributed by atoms with Crippen molar-refractivity contribution in [2.24, 2.45) is 0 Å². The molecule has 5 aromatic rings. The van der Waals surface area contributed by atoms with Crippen molar-refractivity contribution in [2.45, 2.75) is 62.7 Å². The van der Waals surface area contributed by atoms with Crippen LogP contribution in [0.15, 0.2) is 127 Å². The predicted octanol–water partition coefficient (Wildman–Crippen LogP) is 2.59. The molecular weight excluding hydrogens is 862 g/mol. The Bertz CT molecular complexity index is 2520. The molecule has 5 aromatic carbocycles. The quantitative estimate of drug-likeness (QED) is 0.0427. The summed E-state index contributed by atoms with van der Waals surface area (Å²) < 4.78 is 15.6. The van der Waals surface area contributed by atoms with E-state index in [1.165, 1.54) is 24.3 Å². The summed E-state index contributed by atoms with van der Waals surface area (Å²) in [6, 6.07) is 30.5. The van der Waals surface area contributed by atoms with Gasteiger partial charge >= 0.3 is 19.8 Å². The van der Waals surface area contributed by atoms with Crippen molar-refractivity contribution in [1.29, 1.82) is 0 Å². The van der Waals surface area contributed by atoms with Gasteiger partial charge in [-0.2, -0.15) is 0 Å². The lowest BCUT2D eigenvalue weighted by Crippen LogP contribution is -2.57. The van der Waals surface area contributed by atoms with Crippen molar-refractivity contribution in [3.8, 4) is 5.75 Å². The molecule has 65 heavy (non-hydrogen) atoms. The van der Waals surface area contributed by atoms with E-state index in [1.807, 2.05) is 42.5 Å². The van der Waals surface area contributed by atoms with Crippen LogP contribution in [0.4, 0.5) is 0 Å². The molecule has 0 unspecified atom stereocenters. The topological polar surface area (TPSA) is 287 Å². The molecule has 0 aliphatic heterocycles. The summed E-state index contributed by atoms with van der Waals surface area (Å²) in [5.41, 5.74) is 2.43. The number of hydrogen-bond donors (Lipinski definition) is 9. The van der Waals surface area contributed by atoms with Crippen LogP contribution in [0.5, 0.6) is 5.75 Å². The first-order chi connectivity index (χ1) is 31.0. The Hall–Kier alpha value is -7.40. The number of rotatable bonds is 23. The van der Waals surface area contributed by atoms with Crippen LogP contribution in [0, 0.1) is 0 Å². The number of fused-ring (bicyclic) bond motifs is 1. The number of carbonyl (C=O) groups excluding carboxylic acids is 5. The van der Waals surface area contributed by atoms with Crippen molar-refractivity contribution in [3.63, 3.8) is 0 Å². The maximum absolute atomic E-state index is 14.1. The maximum Gasteiger partial charge on any atom is 0.524 e. The molecule has 0 spiro atoms. The van der Waals surface area contributed by atoms with Crippen LogP contribution in [-0.4, -0.2) is 92.2 Å². The monoisotopic (exact) mass is 909 g/mol. The zero-order chi connectivity index (χ0) is 46.9. The van der Waals surface area contributed by atoms with E-state index in [0.29, 0.717) is 11.1 Å². The third kappa shape index (κ3) is 16.3. The fraction of sp³-hybridized carbons (Fsp3) is 0.239. The number of phosphoric acid groups is 1. The Labute approximate surface area is 373 Å². The van der Waals surface area contributed by atoms with E-state index in [-0.39, 0.29) is 31.4 Å². The number of hydrogen-bond acceptors (Lipinski definition) is 9. The minimum absolute atomic E-state index is 0.0250. The summed E-state index contributed by atoms with van der Waals surface area (Å²) in [5.74, 6) is -6.87. The molecule has 4 atom stereocenters. The van der Waals surface area contributed by atoms with Gasteiger partial charge in [0.05, 0.1) is 13.0 Å². The second-order valence-corrected chi connectivity index (χ2v) is 16.2. The lowest BCUT2D eigenvalue weighted by atomic mass is 10.0. The standard InChI is InChI=1S/C46H48N5O13P/c52-40(27-32-15-18-33-13-7-8-14-34(33)23-32)49-38(25-30-11-5-2-6-12-30)45(58)50-37(24-29-9-3-1-4-10-29)43(56)47-28-41(53)48-36(21-22-42(54)55)44(57)51-39(46(59)60)26-31-16-19-35(20-17-31)64-65(61,62)63/h1-20,23,36-39H,21-22,24-28H2,(H,47,56)(H,48,53)(H,49,52)(H,50,58)(H,51,57)(H,54,55)(H,59,60)(H2,61,62,63)/t36-,37-,38-,39-/m0/s1. The van der Waals surface area contributed by atoms with E-state index in [0.717, 1.165) is 21.9 Å². The highest BCUT2D eigenvalue weighted by molar-refractivity contribution is 7.46. The summed E-state index contributed by atoms with van der Waals surface area (Å²) in [7, 11) is -4.85. The Balaban J connectivity index is 1.26. The minimum atomic E-state index is -4.85. The lowest BCUT2D eigenvalue weighted by Gasteiger charge is -2.24. The molecule has 0 bridgehead atoms. The highest BCUT2D eigenvalue weighted by atomic mass is 31.2. The average Bonchev–Trinajstić information content (AvgIpc) is 3.26. The first-order valence-electron chi connectivity index (χ1n) is 20.3. The molecule has 0 aliphatic rings. The average molecular weight is 910 g/mol. The highest BCUT2D eigenvalue weighted by Gasteiger charge is 2.30. The van der Waals surface area contributed by atoms with E-state index in [1.54, 1.807) is 60.7 Å². The summed E-state index contributed by atoms with van der Waals surface area (Å²) in [4.78, 5) is 109. The summed E-state index contributed by atoms with van der Waals surface area (Å²) >= 11 is 0. The Kier molecular flexibility index (Phi) is 17.5. The normalized spacial score (nSPS) is 13.0. The summed E-state index contributed by atoms with van der Waals surface area (Å²) in [5, 5.41) is 33.8. The van der Waals surface area contributed by atoms with Crippen LogP contribution in [-0.2, 0) is 63.8 Å². The van der Waals surface area contributed by atoms with Crippen LogP contribution in [0.25, 0.3) is 10.8 Å². The molecule has 0 aliphatic carbocycles. The smallest absolute Gasteiger partial charge is 0.481 e. The van der Waals surface area contributed by atoms with Gasteiger partial charge in [-0.05, 0) is 51.6 Å². The van der Waals surface area contributed by atoms with Crippen LogP contribution < -0.4 is 31.1 Å². The molecule has 0 saturated heterocycles. The fourth-order valence-electron chi connectivity index (χ4n) is 6.77. The molecule has 19 heteroatoms. The number of benzene rings is 5. The van der Waals surface area contributed by atoms with Gasteiger partial charge in [0.15, 0.2) is 0 Å². The van der Waals surface area contributed by atoms with Gasteiger partial charge in [-0.3, -0.25) is 38.6 Å². The zero-order valence-corrected chi connectivity index (χ0v) is 35.7. The Morgan fingerprint density at radius 2 is 1.02 bits per heavy atom.